The lowest BCUT2D eigenvalue weighted by Gasteiger charge is -2.39. The molecule has 0 spiro atoms. The number of alkyl halides is 2. The van der Waals surface area contributed by atoms with Gasteiger partial charge in [0.25, 0.3) is 11.8 Å². The maximum Gasteiger partial charge on any atom is 0.414 e. The molecule has 0 aromatic carbocycles. The zero-order chi connectivity index (χ0) is 21.5. The quantitative estimate of drug-likeness (QED) is 0.706. The van der Waals surface area contributed by atoms with E-state index in [9.17, 15) is 13.6 Å². The maximum absolute atomic E-state index is 13.3. The highest BCUT2D eigenvalue weighted by Crippen LogP contribution is 2.37. The van der Waals surface area contributed by atoms with Crippen molar-refractivity contribution in [1.29, 1.82) is 0 Å². The molecule has 0 atom stereocenters. The monoisotopic (exact) mass is 439 g/mol. The van der Waals surface area contributed by atoms with Crippen LogP contribution >= 0.6 is 11.3 Å². The minimum atomic E-state index is -2.75. The van der Waals surface area contributed by atoms with Crippen molar-refractivity contribution in [3.63, 3.8) is 0 Å². The van der Waals surface area contributed by atoms with Gasteiger partial charge in [-0.2, -0.15) is 4.98 Å². The number of aryl methyl sites for hydroxylation is 1. The first-order valence-corrected chi connectivity index (χ1v) is 10.5. The molecule has 0 radical (unpaired) electrons. The molecule has 1 aliphatic carbocycles. The molecule has 4 rings (SSSR count). The van der Waals surface area contributed by atoms with Crippen LogP contribution in [0.3, 0.4) is 0 Å². The lowest BCUT2D eigenvalue weighted by Crippen LogP contribution is -2.56. The highest BCUT2D eigenvalue weighted by Gasteiger charge is 2.46. The van der Waals surface area contributed by atoms with Gasteiger partial charge in [-0.3, -0.25) is 0 Å². The minimum Gasteiger partial charge on any atom is -0.475 e. The van der Waals surface area contributed by atoms with Crippen LogP contribution in [0.2, 0.25) is 0 Å². The molecule has 1 N–H and O–H groups in total. The minimum absolute atomic E-state index is 0.0690. The van der Waals surface area contributed by atoms with E-state index in [0.717, 1.165) is 22.7 Å². The zero-order valence-electron chi connectivity index (χ0n) is 16.9. The van der Waals surface area contributed by atoms with Crippen molar-refractivity contribution < 1.29 is 23.0 Å². The van der Waals surface area contributed by atoms with E-state index in [2.05, 4.69) is 20.3 Å². The van der Waals surface area contributed by atoms with Crippen molar-refractivity contribution in [3.8, 4) is 11.8 Å². The number of aromatic nitrogens is 3. The summed E-state index contributed by atoms with van der Waals surface area (Å²) >= 11 is 1.48. The Kier molecular flexibility index (Phi) is 5.25. The second-order valence-electron chi connectivity index (χ2n) is 8.22. The summed E-state index contributed by atoms with van der Waals surface area (Å²) in [7, 11) is 0. The molecular weight excluding hydrogens is 416 g/mol. The van der Waals surface area contributed by atoms with Crippen molar-refractivity contribution in [2.75, 3.05) is 24.6 Å². The molecule has 2 aromatic rings. The topological polar surface area (TPSA) is 89.5 Å². The number of hydrogen-bond donors (Lipinski definition) is 1. The predicted molar refractivity (Wildman–Crippen MR) is 106 cm³/mol. The number of nitrogens with one attached hydrogen (secondary N) is 1. The predicted octanol–water partition coefficient (Wildman–Crippen LogP) is 3.51. The molecule has 30 heavy (non-hydrogen) atoms. The Labute approximate surface area is 176 Å². The summed E-state index contributed by atoms with van der Waals surface area (Å²) in [6, 6.07) is 0. The van der Waals surface area contributed by atoms with Gasteiger partial charge in [-0.05, 0) is 39.5 Å². The fourth-order valence-electron chi connectivity index (χ4n) is 2.93. The van der Waals surface area contributed by atoms with E-state index in [1.807, 2.05) is 20.8 Å². The smallest absolute Gasteiger partial charge is 0.414 e. The van der Waals surface area contributed by atoms with Crippen LogP contribution in [0, 0.1) is 12.8 Å². The largest absolute Gasteiger partial charge is 0.475 e. The molecule has 1 saturated carbocycles. The number of halogens is 2. The second-order valence-corrected chi connectivity index (χ2v) is 9.45. The molecule has 162 valence electrons. The highest BCUT2D eigenvalue weighted by molar-refractivity contribution is 7.11. The molecule has 1 aliphatic heterocycles. The zero-order valence-corrected chi connectivity index (χ0v) is 17.8. The van der Waals surface area contributed by atoms with Gasteiger partial charge in [-0.1, -0.05) is 0 Å². The van der Waals surface area contributed by atoms with Gasteiger partial charge in [0, 0.05) is 11.1 Å². The van der Waals surface area contributed by atoms with Crippen molar-refractivity contribution in [1.82, 2.24) is 20.3 Å². The van der Waals surface area contributed by atoms with Gasteiger partial charge in [0.15, 0.2) is 5.82 Å². The standard InChI is InChI=1S/C19H23F2N5O3S/c1-11-6-23-16(30-11)18(2,3)25-17(27)29-13-7-22-14(26-9-19(20,21)10-26)15(24-13)28-8-12-4-5-12/h6-7,12H,4-5,8-10H2,1-3H3,(H,25,27). The number of nitrogens with zero attached hydrogens (tertiary/aromatic N) is 4. The fraction of sp³-hybridized carbons (Fsp3) is 0.579. The summed E-state index contributed by atoms with van der Waals surface area (Å²) in [6.45, 7) is 5.11. The SMILES string of the molecule is Cc1cnc(C(C)(C)NC(=O)Oc2cnc(N3CC(F)(F)C3)c(OCC3CC3)n2)s1. The number of hydrogen-bond acceptors (Lipinski definition) is 8. The van der Waals surface area contributed by atoms with Gasteiger partial charge in [0.05, 0.1) is 31.4 Å². The molecule has 2 aromatic heterocycles. The third kappa shape index (κ3) is 4.77. The summed E-state index contributed by atoms with van der Waals surface area (Å²) in [5, 5.41) is 3.49. The maximum atomic E-state index is 13.3. The van der Waals surface area contributed by atoms with Crippen LogP contribution in [0.4, 0.5) is 19.4 Å². The van der Waals surface area contributed by atoms with E-state index in [1.165, 1.54) is 22.4 Å². The number of carbonyl (C=O) groups excluding carboxylic acids is 1. The van der Waals surface area contributed by atoms with E-state index in [0.29, 0.717) is 12.5 Å². The molecule has 1 saturated heterocycles. The molecule has 2 aliphatic rings. The Morgan fingerprint density at radius 2 is 2.07 bits per heavy atom. The second kappa shape index (κ2) is 7.60. The van der Waals surface area contributed by atoms with E-state index in [-0.39, 0.29) is 17.6 Å². The number of amides is 1. The van der Waals surface area contributed by atoms with Crippen LogP contribution in [-0.4, -0.2) is 46.7 Å². The Bertz CT molecular complexity index is 940. The van der Waals surface area contributed by atoms with E-state index in [1.54, 1.807) is 6.20 Å². The number of rotatable bonds is 7. The molecule has 0 bridgehead atoms. The summed E-state index contributed by atoms with van der Waals surface area (Å²) < 4.78 is 37.5. The van der Waals surface area contributed by atoms with Crippen molar-refractivity contribution in [3.05, 3.63) is 22.3 Å². The van der Waals surface area contributed by atoms with Crippen LogP contribution in [0.5, 0.6) is 11.8 Å². The lowest BCUT2D eigenvalue weighted by atomic mass is 10.1. The number of thiazole rings is 1. The molecular formula is C19H23F2N5O3S. The molecule has 1 amide bonds. The number of ether oxygens (including phenoxy) is 2. The Hall–Kier alpha value is -2.56. The van der Waals surface area contributed by atoms with Gasteiger partial charge in [-0.25, -0.2) is 23.5 Å². The first-order valence-electron chi connectivity index (χ1n) is 9.67. The Morgan fingerprint density at radius 3 is 2.67 bits per heavy atom. The van der Waals surface area contributed by atoms with Crippen LogP contribution in [0.1, 0.15) is 36.6 Å². The van der Waals surface area contributed by atoms with Crippen LogP contribution in [-0.2, 0) is 5.54 Å². The van der Waals surface area contributed by atoms with Crippen molar-refractivity contribution in [2.24, 2.45) is 5.92 Å². The third-order valence-corrected chi connectivity index (χ3v) is 6.00. The van der Waals surface area contributed by atoms with Crippen LogP contribution in [0.25, 0.3) is 0 Å². The molecule has 2 fully saturated rings. The average molecular weight is 439 g/mol. The summed E-state index contributed by atoms with van der Waals surface area (Å²) in [5.74, 6) is -2.05. The van der Waals surface area contributed by atoms with Gasteiger partial charge in [0.1, 0.15) is 5.01 Å². The molecule has 8 nitrogen and oxygen atoms in total. The van der Waals surface area contributed by atoms with E-state index in [4.69, 9.17) is 9.47 Å². The van der Waals surface area contributed by atoms with Gasteiger partial charge in [0.2, 0.25) is 5.88 Å². The van der Waals surface area contributed by atoms with Crippen molar-refractivity contribution >= 4 is 23.2 Å². The van der Waals surface area contributed by atoms with Gasteiger partial charge < -0.3 is 19.7 Å². The average Bonchev–Trinajstić information content (AvgIpc) is 3.35. The number of carbonyl (C=O) groups is 1. The first-order chi connectivity index (χ1) is 14.1. The van der Waals surface area contributed by atoms with E-state index < -0.39 is 30.6 Å². The normalized spacial score (nSPS) is 18.0. The van der Waals surface area contributed by atoms with Gasteiger partial charge in [-0.15, -0.1) is 11.3 Å². The molecule has 3 heterocycles. The van der Waals surface area contributed by atoms with Crippen LogP contribution in [0.15, 0.2) is 12.4 Å². The number of anilines is 1. The Morgan fingerprint density at radius 1 is 1.33 bits per heavy atom. The third-order valence-electron chi connectivity index (χ3n) is 4.76. The first kappa shape index (κ1) is 20.7. The summed E-state index contributed by atoms with van der Waals surface area (Å²) in [6.07, 6.45) is 4.37. The Balaban J connectivity index is 1.45. The molecule has 0 unspecified atom stereocenters. The van der Waals surface area contributed by atoms with Crippen molar-refractivity contribution in [2.45, 2.75) is 45.1 Å². The lowest BCUT2D eigenvalue weighted by molar-refractivity contribution is -0.0270. The summed E-state index contributed by atoms with van der Waals surface area (Å²) in [4.78, 5) is 27.5. The fourth-order valence-corrected chi connectivity index (χ4v) is 3.75. The van der Waals surface area contributed by atoms with Gasteiger partial charge >= 0.3 is 6.09 Å². The summed E-state index contributed by atoms with van der Waals surface area (Å²) in [5.41, 5.74) is -0.738. The highest BCUT2D eigenvalue weighted by atomic mass is 32.1. The van der Waals surface area contributed by atoms with E-state index >= 15 is 0 Å². The molecule has 11 heteroatoms. The van der Waals surface area contributed by atoms with Crippen LogP contribution < -0.4 is 19.7 Å².